The van der Waals surface area contributed by atoms with Gasteiger partial charge in [-0.2, -0.15) is 0 Å². The van der Waals surface area contributed by atoms with Gasteiger partial charge >= 0.3 is 0 Å². The second kappa shape index (κ2) is 15.1. The molecule has 2 amide bonds. The van der Waals surface area contributed by atoms with Gasteiger partial charge < -0.3 is 26.0 Å². The summed E-state index contributed by atoms with van der Waals surface area (Å²) in [6, 6.07) is 24.4. The third kappa shape index (κ3) is 7.46. The lowest BCUT2D eigenvalue weighted by Crippen LogP contribution is -2.35. The molecule has 2 atom stereocenters. The largest absolute Gasteiger partial charge is 0.481 e. The molecule has 4 heterocycles. The van der Waals surface area contributed by atoms with E-state index < -0.39 is 0 Å². The van der Waals surface area contributed by atoms with Gasteiger partial charge in [0.2, 0.25) is 17.7 Å². The Morgan fingerprint density at radius 1 is 0.780 bits per heavy atom. The number of halogens is 2. The van der Waals surface area contributed by atoms with Crippen LogP contribution in [-0.4, -0.2) is 54.1 Å². The number of fused-ring (bicyclic) bond motifs is 1. The summed E-state index contributed by atoms with van der Waals surface area (Å²) in [4.78, 5) is 32.6. The standard InChI is InChI=1S/C39H38Cl2N6O3/c1-50-39-25(19-43-22-28-12-15-36(49)46-28)10-13-33(47-39)32-7-3-6-31(38(32)41)30-5-2-4-29(37(30)40)26-17-24-9-8-23(16-34(24)44-20-26)18-42-21-27-11-14-35(48)45-27/h2-10,13,16-17,20,27-28,42-43H,11-12,14-15,18-19,21-22H2,1H3,(H,45,48)(H,46,49)/t27-,28+/m1/s1. The normalized spacial score (nSPS) is 17.3. The van der Waals surface area contributed by atoms with Crippen LogP contribution >= 0.6 is 23.2 Å². The van der Waals surface area contributed by atoms with Gasteiger partial charge in [0.1, 0.15) is 0 Å². The zero-order valence-electron chi connectivity index (χ0n) is 27.7. The lowest BCUT2D eigenvalue weighted by molar-refractivity contribution is -0.120. The maximum Gasteiger partial charge on any atom is 0.220 e. The highest BCUT2D eigenvalue weighted by molar-refractivity contribution is 6.39. The van der Waals surface area contributed by atoms with Crippen molar-refractivity contribution in [2.24, 2.45) is 0 Å². The first-order valence-corrected chi connectivity index (χ1v) is 17.6. The molecular weight excluding hydrogens is 671 g/mol. The van der Waals surface area contributed by atoms with Crippen LogP contribution in [0.15, 0.2) is 79.0 Å². The first-order valence-electron chi connectivity index (χ1n) is 16.9. The Morgan fingerprint density at radius 3 is 2.08 bits per heavy atom. The van der Waals surface area contributed by atoms with Crippen molar-refractivity contribution in [3.63, 3.8) is 0 Å². The predicted molar refractivity (Wildman–Crippen MR) is 198 cm³/mol. The van der Waals surface area contributed by atoms with E-state index in [9.17, 15) is 9.59 Å². The molecule has 50 heavy (non-hydrogen) atoms. The number of aromatic nitrogens is 2. The molecule has 2 aliphatic heterocycles. The summed E-state index contributed by atoms with van der Waals surface area (Å²) in [6.45, 7) is 2.69. The topological polar surface area (TPSA) is 117 Å². The van der Waals surface area contributed by atoms with E-state index in [1.165, 1.54) is 0 Å². The van der Waals surface area contributed by atoms with Crippen LogP contribution in [0.1, 0.15) is 36.8 Å². The quantitative estimate of drug-likeness (QED) is 0.114. The molecule has 2 fully saturated rings. The van der Waals surface area contributed by atoms with Gasteiger partial charge in [0, 0.05) is 96.1 Å². The van der Waals surface area contributed by atoms with Gasteiger partial charge in [0.15, 0.2) is 0 Å². The number of carbonyl (C=O) groups is 2. The van der Waals surface area contributed by atoms with Crippen molar-refractivity contribution in [3.8, 4) is 39.4 Å². The smallest absolute Gasteiger partial charge is 0.220 e. The van der Waals surface area contributed by atoms with Crippen LogP contribution in [0.4, 0.5) is 0 Å². The molecule has 256 valence electrons. The third-order valence-corrected chi connectivity index (χ3v) is 10.2. The predicted octanol–water partition coefficient (Wildman–Crippen LogP) is 6.68. The number of rotatable bonds is 12. The molecule has 0 saturated carbocycles. The van der Waals surface area contributed by atoms with Crippen LogP contribution in [0.5, 0.6) is 5.88 Å². The number of hydrogen-bond acceptors (Lipinski definition) is 7. The molecule has 9 nitrogen and oxygen atoms in total. The summed E-state index contributed by atoms with van der Waals surface area (Å²) in [5, 5.41) is 15.0. The molecule has 7 rings (SSSR count). The second-order valence-corrected chi connectivity index (χ2v) is 13.6. The van der Waals surface area contributed by atoms with E-state index in [1.54, 1.807) is 7.11 Å². The molecule has 3 aromatic carbocycles. The van der Waals surface area contributed by atoms with Gasteiger partial charge in [-0.05, 0) is 36.6 Å². The second-order valence-electron chi connectivity index (χ2n) is 12.8. The fraction of sp³-hybridized carbons (Fsp3) is 0.282. The van der Waals surface area contributed by atoms with Crippen LogP contribution in [-0.2, 0) is 22.7 Å². The fourth-order valence-electron chi connectivity index (χ4n) is 6.69. The monoisotopic (exact) mass is 708 g/mol. The molecular formula is C39H38Cl2N6O3. The first kappa shape index (κ1) is 33.9. The average Bonchev–Trinajstić information content (AvgIpc) is 3.75. The van der Waals surface area contributed by atoms with Crippen LogP contribution in [0, 0.1) is 0 Å². The first-order chi connectivity index (χ1) is 24.4. The van der Waals surface area contributed by atoms with Crippen molar-refractivity contribution in [1.29, 1.82) is 0 Å². The van der Waals surface area contributed by atoms with Crippen molar-refractivity contribution in [1.82, 2.24) is 31.2 Å². The molecule has 2 aromatic heterocycles. The summed E-state index contributed by atoms with van der Waals surface area (Å²) in [6.07, 6.45) is 4.75. The molecule has 2 aliphatic rings. The lowest BCUT2D eigenvalue weighted by atomic mass is 9.96. The minimum atomic E-state index is 0.103. The summed E-state index contributed by atoms with van der Waals surface area (Å²) < 4.78 is 5.66. The van der Waals surface area contributed by atoms with Gasteiger partial charge in [0.25, 0.3) is 0 Å². The highest BCUT2D eigenvalue weighted by Crippen LogP contribution is 2.42. The van der Waals surface area contributed by atoms with E-state index in [1.807, 2.05) is 54.7 Å². The van der Waals surface area contributed by atoms with E-state index >= 15 is 0 Å². The number of ether oxygens (including phenoxy) is 1. The van der Waals surface area contributed by atoms with Gasteiger partial charge in [-0.1, -0.05) is 77.8 Å². The molecule has 0 aliphatic carbocycles. The molecule has 4 N–H and O–H groups in total. The number of carbonyl (C=O) groups excluding carboxylic acids is 2. The van der Waals surface area contributed by atoms with E-state index in [-0.39, 0.29) is 23.9 Å². The SMILES string of the molecule is COc1nc(-c2cccc(-c3cccc(-c4cnc5cc(CNC[C@H]6CCC(=O)N6)ccc5c4)c3Cl)c2Cl)ccc1CNC[C@@H]1CCC(=O)N1. The van der Waals surface area contributed by atoms with Crippen molar-refractivity contribution in [2.45, 2.75) is 50.9 Å². The Hall–Kier alpha value is -4.54. The Morgan fingerprint density at radius 2 is 1.42 bits per heavy atom. The molecule has 0 bridgehead atoms. The van der Waals surface area contributed by atoms with Gasteiger partial charge in [-0.25, -0.2) is 4.98 Å². The van der Waals surface area contributed by atoms with Crippen LogP contribution in [0.25, 0.3) is 44.4 Å². The van der Waals surface area contributed by atoms with Gasteiger partial charge in [-0.3, -0.25) is 14.6 Å². The van der Waals surface area contributed by atoms with Gasteiger partial charge in [-0.15, -0.1) is 0 Å². The van der Waals surface area contributed by atoms with Crippen molar-refractivity contribution in [2.75, 3.05) is 20.2 Å². The fourth-order valence-corrected chi connectivity index (χ4v) is 7.35. The maximum atomic E-state index is 11.5. The molecule has 2 saturated heterocycles. The zero-order valence-corrected chi connectivity index (χ0v) is 29.2. The molecule has 0 unspecified atom stereocenters. The van der Waals surface area contributed by atoms with Crippen molar-refractivity contribution < 1.29 is 14.3 Å². The highest BCUT2D eigenvalue weighted by atomic mass is 35.5. The van der Waals surface area contributed by atoms with Crippen LogP contribution < -0.4 is 26.0 Å². The number of pyridine rings is 2. The molecule has 5 aromatic rings. The summed E-state index contributed by atoms with van der Waals surface area (Å²) >= 11 is 14.2. The van der Waals surface area contributed by atoms with E-state index in [0.29, 0.717) is 54.1 Å². The Bertz CT molecular complexity index is 2070. The third-order valence-electron chi connectivity index (χ3n) is 9.35. The number of amides is 2. The summed E-state index contributed by atoms with van der Waals surface area (Å²) in [5.41, 5.74) is 7.77. The van der Waals surface area contributed by atoms with Crippen LogP contribution in [0.3, 0.4) is 0 Å². The van der Waals surface area contributed by atoms with Crippen molar-refractivity contribution >= 4 is 45.9 Å². The molecule has 0 spiro atoms. The van der Waals surface area contributed by atoms with Crippen molar-refractivity contribution in [3.05, 3.63) is 100 Å². The highest BCUT2D eigenvalue weighted by Gasteiger charge is 2.22. The number of methoxy groups -OCH3 is 1. The Balaban J connectivity index is 1.08. The maximum absolute atomic E-state index is 11.5. The van der Waals surface area contributed by atoms with E-state index in [4.69, 9.17) is 37.9 Å². The molecule has 0 radical (unpaired) electrons. The summed E-state index contributed by atoms with van der Waals surface area (Å²) in [7, 11) is 1.61. The zero-order chi connectivity index (χ0) is 34.6. The van der Waals surface area contributed by atoms with Crippen LogP contribution in [0.2, 0.25) is 10.0 Å². The number of nitrogens with zero attached hydrogens (tertiary/aromatic N) is 2. The number of nitrogens with one attached hydrogen (secondary N) is 4. The minimum Gasteiger partial charge on any atom is -0.481 e. The summed E-state index contributed by atoms with van der Waals surface area (Å²) in [5.74, 6) is 0.743. The minimum absolute atomic E-state index is 0.103. The van der Waals surface area contributed by atoms with E-state index in [0.717, 1.165) is 69.2 Å². The molecule has 11 heteroatoms. The lowest BCUT2D eigenvalue weighted by Gasteiger charge is -2.16. The van der Waals surface area contributed by atoms with E-state index in [2.05, 4.69) is 45.5 Å². The Labute approximate surface area is 301 Å². The number of hydrogen-bond donors (Lipinski definition) is 4. The number of benzene rings is 3. The van der Waals surface area contributed by atoms with Gasteiger partial charge in [0.05, 0.1) is 28.4 Å². The Kier molecular flexibility index (Phi) is 10.3. The average molecular weight is 710 g/mol.